The number of carbonyl (C=O) groups excluding carboxylic acids is 1. The Labute approximate surface area is 162 Å². The van der Waals surface area contributed by atoms with Gasteiger partial charge in [-0.2, -0.15) is 0 Å². The standard InChI is InChI=1S/C20H23N3O3S/c1-4-5-10-26-20(25)14-6-8-15(9-7-14)23-11-16(24)17(18(23)21)19-22-12(2)13(3)27-19/h6-9,21,24H,4-5,10-11H2,1-3H3. The van der Waals surface area contributed by atoms with Gasteiger partial charge in [0.25, 0.3) is 0 Å². The van der Waals surface area contributed by atoms with Gasteiger partial charge in [-0.3, -0.25) is 5.41 Å². The Balaban J connectivity index is 1.75. The number of nitrogens with zero attached hydrogens (tertiary/aromatic N) is 2. The molecule has 0 saturated heterocycles. The zero-order chi connectivity index (χ0) is 19.6. The summed E-state index contributed by atoms with van der Waals surface area (Å²) < 4.78 is 5.21. The molecule has 2 heterocycles. The highest BCUT2D eigenvalue weighted by molar-refractivity contribution is 7.13. The minimum atomic E-state index is -0.345. The number of aliphatic hydroxyl groups excluding tert-OH is 1. The Bertz CT molecular complexity index is 880. The molecule has 1 aromatic carbocycles. The number of ether oxygens (including phenoxy) is 1. The average molecular weight is 385 g/mol. The van der Waals surface area contributed by atoms with Crippen LogP contribution in [0.25, 0.3) is 5.57 Å². The lowest BCUT2D eigenvalue weighted by Gasteiger charge is -2.18. The molecule has 1 aliphatic rings. The highest BCUT2D eigenvalue weighted by Crippen LogP contribution is 2.34. The van der Waals surface area contributed by atoms with E-state index in [4.69, 9.17) is 10.1 Å². The van der Waals surface area contributed by atoms with Crippen LogP contribution < -0.4 is 4.90 Å². The number of hydrogen-bond donors (Lipinski definition) is 2. The average Bonchev–Trinajstić information content (AvgIpc) is 3.13. The lowest BCUT2D eigenvalue weighted by molar-refractivity contribution is 0.0500. The Kier molecular flexibility index (Phi) is 5.60. The number of aryl methyl sites for hydroxylation is 2. The molecule has 1 aromatic heterocycles. The van der Waals surface area contributed by atoms with E-state index in [1.807, 2.05) is 20.8 Å². The van der Waals surface area contributed by atoms with Crippen molar-refractivity contribution in [1.82, 2.24) is 4.98 Å². The van der Waals surface area contributed by atoms with E-state index in [0.29, 0.717) is 22.8 Å². The summed E-state index contributed by atoms with van der Waals surface area (Å²) in [5.74, 6) is -0.00165. The molecule has 0 saturated carbocycles. The summed E-state index contributed by atoms with van der Waals surface area (Å²) in [5.41, 5.74) is 2.59. The molecule has 0 unspecified atom stereocenters. The maximum atomic E-state index is 12.0. The van der Waals surface area contributed by atoms with Crippen LogP contribution in [0.15, 0.2) is 30.0 Å². The lowest BCUT2D eigenvalue weighted by Crippen LogP contribution is -2.26. The monoisotopic (exact) mass is 385 g/mol. The van der Waals surface area contributed by atoms with Crippen molar-refractivity contribution in [2.24, 2.45) is 0 Å². The summed E-state index contributed by atoms with van der Waals surface area (Å²) in [7, 11) is 0. The van der Waals surface area contributed by atoms with Crippen molar-refractivity contribution in [2.75, 3.05) is 18.1 Å². The van der Waals surface area contributed by atoms with Gasteiger partial charge in [-0.15, -0.1) is 11.3 Å². The van der Waals surface area contributed by atoms with Gasteiger partial charge < -0.3 is 14.7 Å². The van der Waals surface area contributed by atoms with E-state index in [1.54, 1.807) is 29.2 Å². The van der Waals surface area contributed by atoms with Crippen LogP contribution in [0.5, 0.6) is 0 Å². The van der Waals surface area contributed by atoms with Gasteiger partial charge >= 0.3 is 5.97 Å². The molecule has 2 N–H and O–H groups in total. The fourth-order valence-corrected chi connectivity index (χ4v) is 3.76. The van der Waals surface area contributed by atoms with E-state index in [-0.39, 0.29) is 24.1 Å². The van der Waals surface area contributed by atoms with Gasteiger partial charge in [0.2, 0.25) is 0 Å². The van der Waals surface area contributed by atoms with Crippen molar-refractivity contribution in [3.8, 4) is 0 Å². The summed E-state index contributed by atoms with van der Waals surface area (Å²) in [6, 6.07) is 6.90. The van der Waals surface area contributed by atoms with Crippen LogP contribution in [0.1, 0.15) is 45.7 Å². The number of esters is 1. The summed E-state index contributed by atoms with van der Waals surface area (Å²) in [6.07, 6.45) is 1.82. The Morgan fingerprint density at radius 3 is 2.63 bits per heavy atom. The number of anilines is 1. The van der Waals surface area contributed by atoms with Gasteiger partial charge in [-0.05, 0) is 44.5 Å². The number of aliphatic hydroxyl groups is 1. The predicted octanol–water partition coefficient (Wildman–Crippen LogP) is 4.48. The molecule has 3 rings (SSSR count). The number of hydrogen-bond acceptors (Lipinski definition) is 6. The molecule has 0 radical (unpaired) electrons. The van der Waals surface area contributed by atoms with E-state index in [0.717, 1.165) is 29.1 Å². The van der Waals surface area contributed by atoms with Gasteiger partial charge in [0, 0.05) is 10.6 Å². The first-order valence-corrected chi connectivity index (χ1v) is 9.74. The van der Waals surface area contributed by atoms with E-state index >= 15 is 0 Å². The highest BCUT2D eigenvalue weighted by Gasteiger charge is 2.31. The second-order valence-corrected chi connectivity index (χ2v) is 7.66. The predicted molar refractivity (Wildman–Crippen MR) is 108 cm³/mol. The van der Waals surface area contributed by atoms with Crippen LogP contribution >= 0.6 is 11.3 Å². The van der Waals surface area contributed by atoms with Crippen LogP contribution in [0.2, 0.25) is 0 Å². The van der Waals surface area contributed by atoms with Crippen molar-refractivity contribution < 1.29 is 14.6 Å². The smallest absolute Gasteiger partial charge is 0.338 e. The molecule has 0 aliphatic carbocycles. The summed E-state index contributed by atoms with van der Waals surface area (Å²) in [5, 5.41) is 19.5. The molecule has 0 fully saturated rings. The number of amidine groups is 1. The fourth-order valence-electron chi connectivity index (χ4n) is 2.77. The Morgan fingerprint density at radius 1 is 1.33 bits per heavy atom. The first-order valence-electron chi connectivity index (χ1n) is 8.92. The van der Waals surface area contributed by atoms with Crippen LogP contribution in [-0.2, 0) is 4.74 Å². The largest absolute Gasteiger partial charge is 0.510 e. The van der Waals surface area contributed by atoms with Crippen molar-refractivity contribution in [2.45, 2.75) is 33.6 Å². The minimum Gasteiger partial charge on any atom is -0.510 e. The van der Waals surface area contributed by atoms with Crippen molar-refractivity contribution >= 4 is 34.4 Å². The number of benzene rings is 1. The molecule has 0 atom stereocenters. The molecule has 142 valence electrons. The number of rotatable bonds is 6. The third-order valence-corrected chi connectivity index (χ3v) is 5.58. The number of aromatic nitrogens is 1. The van der Waals surface area contributed by atoms with E-state index in [9.17, 15) is 9.90 Å². The van der Waals surface area contributed by atoms with Gasteiger partial charge in [0.15, 0.2) is 0 Å². The lowest BCUT2D eigenvalue weighted by atomic mass is 10.2. The van der Waals surface area contributed by atoms with Crippen LogP contribution in [0.3, 0.4) is 0 Å². The molecule has 6 nitrogen and oxygen atoms in total. The van der Waals surface area contributed by atoms with Gasteiger partial charge in [-0.25, -0.2) is 9.78 Å². The number of unbranched alkanes of at least 4 members (excludes halogenated alkanes) is 1. The van der Waals surface area contributed by atoms with E-state index in [2.05, 4.69) is 4.98 Å². The van der Waals surface area contributed by atoms with Crippen molar-refractivity contribution in [3.63, 3.8) is 0 Å². The highest BCUT2D eigenvalue weighted by atomic mass is 32.1. The second-order valence-electron chi connectivity index (χ2n) is 6.45. The first-order chi connectivity index (χ1) is 12.9. The van der Waals surface area contributed by atoms with Gasteiger partial charge in [0.05, 0.1) is 30.0 Å². The number of carbonyl (C=O) groups is 1. The van der Waals surface area contributed by atoms with E-state index in [1.165, 1.54) is 11.3 Å². The third kappa shape index (κ3) is 3.88. The summed E-state index contributed by atoms with van der Waals surface area (Å²) in [6.45, 7) is 6.57. The second kappa shape index (κ2) is 7.92. The van der Waals surface area contributed by atoms with Crippen LogP contribution in [0, 0.1) is 19.3 Å². The topological polar surface area (TPSA) is 86.5 Å². The SMILES string of the molecule is CCCCOC(=O)c1ccc(N2CC(O)=C(c3nc(C)c(C)s3)C2=N)cc1. The normalized spacial score (nSPS) is 14.2. The number of nitrogens with one attached hydrogen (secondary N) is 1. The molecule has 2 aromatic rings. The van der Waals surface area contributed by atoms with E-state index < -0.39 is 0 Å². The molecule has 0 bridgehead atoms. The minimum absolute atomic E-state index is 0.136. The molecule has 0 spiro atoms. The maximum Gasteiger partial charge on any atom is 0.338 e. The Hall–Kier alpha value is -2.67. The first kappa shape index (κ1) is 19.1. The number of thiazole rings is 1. The molecule has 7 heteroatoms. The molecular weight excluding hydrogens is 362 g/mol. The molecule has 27 heavy (non-hydrogen) atoms. The van der Waals surface area contributed by atoms with Crippen LogP contribution in [0.4, 0.5) is 5.69 Å². The zero-order valence-electron chi connectivity index (χ0n) is 15.7. The fraction of sp³-hybridized carbons (Fsp3) is 0.350. The summed E-state index contributed by atoms with van der Waals surface area (Å²) in [4.78, 5) is 19.2. The van der Waals surface area contributed by atoms with Crippen LogP contribution in [-0.4, -0.2) is 35.0 Å². The third-order valence-electron chi connectivity index (χ3n) is 4.49. The zero-order valence-corrected chi connectivity index (χ0v) is 16.5. The molecule has 1 aliphatic heterocycles. The quantitative estimate of drug-likeness (QED) is 0.565. The maximum absolute atomic E-state index is 12.0. The van der Waals surface area contributed by atoms with Crippen molar-refractivity contribution in [3.05, 3.63) is 51.2 Å². The summed E-state index contributed by atoms with van der Waals surface area (Å²) >= 11 is 1.47. The van der Waals surface area contributed by atoms with Crippen molar-refractivity contribution in [1.29, 1.82) is 5.41 Å². The Morgan fingerprint density at radius 2 is 2.04 bits per heavy atom. The van der Waals surface area contributed by atoms with Gasteiger partial charge in [-0.1, -0.05) is 13.3 Å². The molecular formula is C20H23N3O3S. The molecule has 0 amide bonds. The van der Waals surface area contributed by atoms with Gasteiger partial charge in [0.1, 0.15) is 16.6 Å².